The molecular weight excluding hydrogens is 757 g/mol. The number of unbranched alkanes of at least 4 members (excludes halogenated alkanes) is 4. The summed E-state index contributed by atoms with van der Waals surface area (Å²) in [6.07, 6.45) is 4.89. The molecule has 60 heavy (non-hydrogen) atoms. The molecule has 0 saturated heterocycles. The number of rotatable bonds is 23. The number of hydrogen-bond donors (Lipinski definition) is 2. The lowest BCUT2D eigenvalue weighted by Gasteiger charge is -2.26. The maximum Gasteiger partial charge on any atom is 0.303 e. The Hall–Kier alpha value is -6.94. The van der Waals surface area contributed by atoms with E-state index in [-0.39, 0.29) is 12.8 Å². The monoisotopic (exact) mass is 808 g/mol. The first-order chi connectivity index (χ1) is 29.3. The quantitative estimate of drug-likeness (QED) is 0.0606. The van der Waals surface area contributed by atoms with Gasteiger partial charge in [-0.15, -0.1) is 0 Å². The van der Waals surface area contributed by atoms with Gasteiger partial charge in [-0.25, -0.2) is 0 Å². The van der Waals surface area contributed by atoms with Crippen molar-refractivity contribution in [1.29, 1.82) is 0 Å². The third kappa shape index (κ3) is 12.0. The third-order valence-electron chi connectivity index (χ3n) is 10.0. The van der Waals surface area contributed by atoms with Crippen molar-refractivity contribution in [2.24, 2.45) is 0 Å². The van der Waals surface area contributed by atoms with Crippen LogP contribution in [0.4, 0.5) is 34.1 Å². The van der Waals surface area contributed by atoms with E-state index in [1.54, 1.807) is 14.2 Å². The van der Waals surface area contributed by atoms with Crippen LogP contribution in [0.2, 0.25) is 0 Å². The van der Waals surface area contributed by atoms with Gasteiger partial charge in [-0.1, -0.05) is 24.3 Å². The number of anilines is 6. The second-order valence-electron chi connectivity index (χ2n) is 14.3. The van der Waals surface area contributed by atoms with Crippen molar-refractivity contribution in [2.75, 3.05) is 37.2 Å². The van der Waals surface area contributed by atoms with E-state index < -0.39 is 11.9 Å². The van der Waals surface area contributed by atoms with Crippen LogP contribution in [0.5, 0.6) is 23.0 Å². The highest BCUT2D eigenvalue weighted by Gasteiger charge is 2.16. The van der Waals surface area contributed by atoms with E-state index in [0.29, 0.717) is 26.1 Å². The maximum atomic E-state index is 10.8. The fourth-order valence-corrected chi connectivity index (χ4v) is 6.84. The molecule has 6 aromatic rings. The number of carbonyl (C=O) groups is 2. The molecular formula is C50H52N2O8. The molecule has 0 saturated carbocycles. The Morgan fingerprint density at radius 3 is 0.917 bits per heavy atom. The van der Waals surface area contributed by atoms with Crippen LogP contribution in [0.15, 0.2) is 146 Å². The Kier molecular flexibility index (Phi) is 15.4. The second-order valence-corrected chi connectivity index (χ2v) is 14.3. The molecule has 0 spiro atoms. The summed E-state index contributed by atoms with van der Waals surface area (Å²) < 4.78 is 22.8. The molecule has 0 unspecified atom stereocenters. The first-order valence-corrected chi connectivity index (χ1v) is 20.3. The van der Waals surface area contributed by atoms with Crippen molar-refractivity contribution in [3.05, 3.63) is 146 Å². The zero-order valence-corrected chi connectivity index (χ0v) is 34.2. The number of carboxylic acids is 2. The van der Waals surface area contributed by atoms with E-state index >= 15 is 0 Å². The van der Waals surface area contributed by atoms with Crippen LogP contribution in [0.3, 0.4) is 0 Å². The predicted molar refractivity (Wildman–Crippen MR) is 238 cm³/mol. The first-order valence-electron chi connectivity index (χ1n) is 20.3. The molecule has 0 heterocycles. The fraction of sp³-hybridized carbons (Fsp3) is 0.240. The molecule has 2 N–H and O–H groups in total. The summed E-state index contributed by atoms with van der Waals surface area (Å²) in [4.78, 5) is 25.9. The van der Waals surface area contributed by atoms with E-state index in [1.165, 1.54) is 0 Å². The summed E-state index contributed by atoms with van der Waals surface area (Å²) in [5, 5.41) is 17.7. The Morgan fingerprint density at radius 1 is 0.383 bits per heavy atom. The topological polar surface area (TPSA) is 118 Å². The normalized spacial score (nSPS) is 10.8. The summed E-state index contributed by atoms with van der Waals surface area (Å²) in [5.74, 6) is 1.55. The number of methoxy groups -OCH3 is 2. The summed E-state index contributed by atoms with van der Waals surface area (Å²) in [5.41, 5.74) is 8.03. The average Bonchev–Trinajstić information content (AvgIpc) is 3.28. The first kappa shape index (κ1) is 42.7. The fourth-order valence-electron chi connectivity index (χ4n) is 6.84. The van der Waals surface area contributed by atoms with Gasteiger partial charge in [0.15, 0.2) is 0 Å². The van der Waals surface area contributed by atoms with Crippen molar-refractivity contribution < 1.29 is 38.7 Å². The molecule has 6 aromatic carbocycles. The smallest absolute Gasteiger partial charge is 0.303 e. The summed E-state index contributed by atoms with van der Waals surface area (Å²) in [6, 6.07) is 49.0. The highest BCUT2D eigenvalue weighted by Crippen LogP contribution is 2.39. The van der Waals surface area contributed by atoms with E-state index in [0.717, 1.165) is 93.9 Å². The molecule has 10 nitrogen and oxygen atoms in total. The van der Waals surface area contributed by atoms with Gasteiger partial charge in [0.2, 0.25) is 0 Å². The highest BCUT2D eigenvalue weighted by molar-refractivity contribution is 5.81. The van der Waals surface area contributed by atoms with Crippen molar-refractivity contribution >= 4 is 46.1 Å². The van der Waals surface area contributed by atoms with E-state index in [9.17, 15) is 9.59 Å². The van der Waals surface area contributed by atoms with Gasteiger partial charge in [-0.3, -0.25) is 9.59 Å². The molecule has 6 rings (SSSR count). The van der Waals surface area contributed by atoms with Crippen LogP contribution in [0.1, 0.15) is 51.4 Å². The van der Waals surface area contributed by atoms with Gasteiger partial charge < -0.3 is 39.0 Å². The van der Waals surface area contributed by atoms with Crippen LogP contribution in [-0.2, 0) is 9.59 Å². The molecule has 10 heteroatoms. The van der Waals surface area contributed by atoms with Crippen LogP contribution < -0.4 is 28.7 Å². The Balaban J connectivity index is 1.18. The minimum absolute atomic E-state index is 0.184. The SMILES string of the molecule is COc1ccc(N(c2ccc(OCCCCCC(=O)O)cc2)c2ccc(-c3ccc(N(c4ccc(OC)cc4)c4ccc(OCCCCCC(=O)O)cc4)cc3)cc2)cc1. The molecule has 0 atom stereocenters. The van der Waals surface area contributed by atoms with Crippen molar-refractivity contribution in [1.82, 2.24) is 0 Å². The molecule has 0 bridgehead atoms. The minimum Gasteiger partial charge on any atom is -0.497 e. The largest absolute Gasteiger partial charge is 0.497 e. The number of ether oxygens (including phenoxy) is 4. The van der Waals surface area contributed by atoms with Gasteiger partial charge in [0.05, 0.1) is 27.4 Å². The Labute approximate surface area is 352 Å². The van der Waals surface area contributed by atoms with E-state index in [4.69, 9.17) is 29.2 Å². The Bertz CT molecular complexity index is 2060. The summed E-state index contributed by atoms with van der Waals surface area (Å²) in [6.45, 7) is 1.07. The zero-order chi connectivity index (χ0) is 42.1. The standard InChI is InChI=1S/C50H52N2O8/c1-57-45-27-19-41(20-28-45)51(43-23-31-47(32-24-43)59-35-7-3-5-9-49(53)54)39-15-11-37(12-16-39)38-13-17-40(18-14-38)52(42-21-29-46(58-2)30-22-42)44-25-33-48(34-26-44)60-36-8-4-6-10-50(55)56/h11-34H,3-10,35-36H2,1-2H3,(H,53,54)(H,55,56). The number of carboxylic acid groups (broad SMARTS) is 2. The summed E-state index contributed by atoms with van der Waals surface area (Å²) >= 11 is 0. The third-order valence-corrected chi connectivity index (χ3v) is 10.0. The van der Waals surface area contributed by atoms with Crippen LogP contribution in [0.25, 0.3) is 11.1 Å². The van der Waals surface area contributed by atoms with Gasteiger partial charge in [0.25, 0.3) is 0 Å². The van der Waals surface area contributed by atoms with E-state index in [1.807, 2.05) is 97.1 Å². The molecule has 0 radical (unpaired) electrons. The van der Waals surface area contributed by atoms with E-state index in [2.05, 4.69) is 58.3 Å². The summed E-state index contributed by atoms with van der Waals surface area (Å²) in [7, 11) is 3.32. The van der Waals surface area contributed by atoms with Crippen LogP contribution in [0, 0.1) is 0 Å². The molecule has 0 aromatic heterocycles. The van der Waals surface area contributed by atoms with Crippen molar-refractivity contribution in [3.8, 4) is 34.1 Å². The molecule has 0 amide bonds. The average molecular weight is 809 g/mol. The lowest BCUT2D eigenvalue weighted by molar-refractivity contribution is -0.138. The highest BCUT2D eigenvalue weighted by atomic mass is 16.5. The molecule has 0 aliphatic rings. The maximum absolute atomic E-state index is 10.8. The number of aliphatic carboxylic acids is 2. The van der Waals surface area contributed by atoms with Gasteiger partial charge >= 0.3 is 11.9 Å². The molecule has 0 aliphatic carbocycles. The molecule has 0 aliphatic heterocycles. The Morgan fingerprint density at radius 2 is 0.650 bits per heavy atom. The van der Waals surface area contributed by atoms with Crippen LogP contribution >= 0.6 is 0 Å². The van der Waals surface area contributed by atoms with Gasteiger partial charge in [0.1, 0.15) is 23.0 Å². The molecule has 310 valence electrons. The zero-order valence-electron chi connectivity index (χ0n) is 34.2. The van der Waals surface area contributed by atoms with Gasteiger partial charge in [0, 0.05) is 47.0 Å². The van der Waals surface area contributed by atoms with Gasteiger partial charge in [-0.05, 0) is 171 Å². The second kappa shape index (κ2) is 21.7. The lowest BCUT2D eigenvalue weighted by Crippen LogP contribution is -2.10. The predicted octanol–water partition coefficient (Wildman–Crippen LogP) is 12.4. The number of nitrogens with zero attached hydrogens (tertiary/aromatic N) is 2. The van der Waals surface area contributed by atoms with Crippen LogP contribution in [-0.4, -0.2) is 49.6 Å². The van der Waals surface area contributed by atoms with Crippen molar-refractivity contribution in [3.63, 3.8) is 0 Å². The number of benzene rings is 6. The van der Waals surface area contributed by atoms with Crippen molar-refractivity contribution in [2.45, 2.75) is 51.4 Å². The van der Waals surface area contributed by atoms with Gasteiger partial charge in [-0.2, -0.15) is 0 Å². The molecule has 0 fully saturated rings. The minimum atomic E-state index is -0.766. The number of hydrogen-bond acceptors (Lipinski definition) is 8. The lowest BCUT2D eigenvalue weighted by atomic mass is 10.0.